The molecule has 0 spiro atoms. The Morgan fingerprint density at radius 1 is 1.15 bits per heavy atom. The molecule has 0 atom stereocenters. The van der Waals surface area contributed by atoms with E-state index in [0.717, 1.165) is 12.8 Å². The molecule has 2 heterocycles. The summed E-state index contributed by atoms with van der Waals surface area (Å²) in [6, 6.07) is 11.4. The number of nitrogens with zero attached hydrogens (tertiary/aromatic N) is 2. The van der Waals surface area contributed by atoms with Crippen LogP contribution in [0, 0.1) is 5.92 Å². The second kappa shape index (κ2) is 8.66. The number of anilines is 1. The van der Waals surface area contributed by atoms with E-state index in [4.69, 9.17) is 0 Å². The van der Waals surface area contributed by atoms with Crippen LogP contribution in [-0.4, -0.2) is 34.9 Å². The number of pyridine rings is 1. The van der Waals surface area contributed by atoms with Crippen LogP contribution < -0.4 is 10.6 Å². The van der Waals surface area contributed by atoms with Gasteiger partial charge in [0.1, 0.15) is 5.69 Å². The van der Waals surface area contributed by atoms with Crippen molar-refractivity contribution in [3.05, 3.63) is 59.4 Å². The predicted octanol–water partition coefficient (Wildman–Crippen LogP) is 3.45. The Balaban J connectivity index is 1.54. The Labute approximate surface area is 160 Å². The fraction of sp³-hybridized carbons (Fsp3) is 0.381. The van der Waals surface area contributed by atoms with Crippen molar-refractivity contribution in [3.8, 4) is 0 Å². The van der Waals surface area contributed by atoms with Crippen LogP contribution in [0.25, 0.3) is 0 Å². The highest BCUT2D eigenvalue weighted by molar-refractivity contribution is 5.93. The molecule has 1 aromatic heterocycles. The van der Waals surface area contributed by atoms with Crippen LogP contribution in [-0.2, 0) is 13.0 Å². The molecule has 27 heavy (non-hydrogen) atoms. The summed E-state index contributed by atoms with van der Waals surface area (Å²) >= 11 is 0. The Kier molecular flexibility index (Phi) is 6.06. The normalized spacial score (nSPS) is 13.2. The number of nitrogens with one attached hydrogen (secondary N) is 2. The van der Waals surface area contributed by atoms with Crippen LogP contribution in [0.15, 0.2) is 42.6 Å². The summed E-state index contributed by atoms with van der Waals surface area (Å²) < 4.78 is 0. The van der Waals surface area contributed by atoms with Gasteiger partial charge in [-0.15, -0.1) is 0 Å². The third-order valence-corrected chi connectivity index (χ3v) is 4.67. The topological polar surface area (TPSA) is 74.3 Å². The maximum absolute atomic E-state index is 12.5. The predicted molar refractivity (Wildman–Crippen MR) is 106 cm³/mol. The number of hydrogen-bond acceptors (Lipinski definition) is 3. The van der Waals surface area contributed by atoms with E-state index in [0.29, 0.717) is 36.9 Å². The number of carbonyl (C=O) groups excluding carboxylic acids is 2. The molecule has 1 aromatic carbocycles. The van der Waals surface area contributed by atoms with Gasteiger partial charge in [-0.3, -0.25) is 4.79 Å². The van der Waals surface area contributed by atoms with Crippen molar-refractivity contribution in [2.75, 3.05) is 18.4 Å². The van der Waals surface area contributed by atoms with Gasteiger partial charge in [-0.05, 0) is 42.0 Å². The largest absolute Gasteiger partial charge is 0.351 e. The molecule has 1 aliphatic heterocycles. The Hall–Kier alpha value is -2.89. The molecule has 0 bridgehead atoms. The summed E-state index contributed by atoms with van der Waals surface area (Å²) in [6.45, 7) is 6.15. The number of fused-ring (bicyclic) bond motifs is 1. The zero-order valence-electron chi connectivity index (χ0n) is 15.9. The maximum atomic E-state index is 12.5. The van der Waals surface area contributed by atoms with Gasteiger partial charge in [0.25, 0.3) is 5.91 Å². The summed E-state index contributed by atoms with van der Waals surface area (Å²) in [5, 5.41) is 5.71. The van der Waals surface area contributed by atoms with Crippen LogP contribution in [0.2, 0.25) is 0 Å². The standard InChI is InChI=1S/C21H26N4O2/c1-15(2)9-11-22-20(26)19-8-7-18(13-23-19)24-21(27)25-12-10-16-5-3-4-6-17(16)14-25/h3-8,13,15H,9-12,14H2,1-2H3,(H,22,26)(H,24,27). The van der Waals surface area contributed by atoms with Crippen LogP contribution in [0.4, 0.5) is 10.5 Å². The lowest BCUT2D eigenvalue weighted by atomic mass is 10.0. The second-order valence-corrected chi connectivity index (χ2v) is 7.24. The van der Waals surface area contributed by atoms with Crippen molar-refractivity contribution in [2.24, 2.45) is 5.92 Å². The lowest BCUT2D eigenvalue weighted by molar-refractivity contribution is 0.0947. The van der Waals surface area contributed by atoms with Crippen LogP contribution in [0.5, 0.6) is 0 Å². The van der Waals surface area contributed by atoms with Gasteiger partial charge in [0.15, 0.2) is 0 Å². The summed E-state index contributed by atoms with van der Waals surface area (Å²) in [7, 11) is 0. The molecular formula is C21H26N4O2. The Bertz CT molecular complexity index is 802. The van der Waals surface area contributed by atoms with Crippen molar-refractivity contribution in [2.45, 2.75) is 33.2 Å². The number of aromatic nitrogens is 1. The van der Waals surface area contributed by atoms with Crippen LogP contribution in [0.1, 0.15) is 41.9 Å². The molecule has 0 unspecified atom stereocenters. The van der Waals surface area contributed by atoms with E-state index in [9.17, 15) is 9.59 Å². The van der Waals surface area contributed by atoms with Gasteiger partial charge in [0.05, 0.1) is 11.9 Å². The van der Waals surface area contributed by atoms with Gasteiger partial charge in [0.2, 0.25) is 0 Å². The lowest BCUT2D eigenvalue weighted by Gasteiger charge is -2.28. The minimum absolute atomic E-state index is 0.152. The smallest absolute Gasteiger partial charge is 0.322 e. The lowest BCUT2D eigenvalue weighted by Crippen LogP contribution is -2.38. The molecule has 2 aromatic rings. The molecule has 1 aliphatic rings. The van der Waals surface area contributed by atoms with Crippen LogP contribution >= 0.6 is 0 Å². The maximum Gasteiger partial charge on any atom is 0.322 e. The molecule has 0 saturated carbocycles. The van der Waals surface area contributed by atoms with E-state index >= 15 is 0 Å². The third-order valence-electron chi connectivity index (χ3n) is 4.67. The minimum atomic E-state index is -0.193. The molecule has 2 N–H and O–H groups in total. The summed E-state index contributed by atoms with van der Waals surface area (Å²) in [4.78, 5) is 30.5. The van der Waals surface area contributed by atoms with Gasteiger partial charge in [0, 0.05) is 19.6 Å². The average Bonchev–Trinajstić information content (AvgIpc) is 2.67. The average molecular weight is 366 g/mol. The quantitative estimate of drug-likeness (QED) is 0.851. The monoisotopic (exact) mass is 366 g/mol. The first-order chi connectivity index (χ1) is 13.0. The molecule has 3 rings (SSSR count). The fourth-order valence-electron chi connectivity index (χ4n) is 3.04. The second-order valence-electron chi connectivity index (χ2n) is 7.24. The number of hydrogen-bond donors (Lipinski definition) is 2. The van der Waals surface area contributed by atoms with E-state index < -0.39 is 0 Å². The van der Waals surface area contributed by atoms with Gasteiger partial charge in [-0.2, -0.15) is 0 Å². The van der Waals surface area contributed by atoms with E-state index in [1.54, 1.807) is 17.0 Å². The zero-order chi connectivity index (χ0) is 19.2. The Morgan fingerprint density at radius 2 is 1.93 bits per heavy atom. The molecular weight excluding hydrogens is 340 g/mol. The number of benzene rings is 1. The van der Waals surface area contributed by atoms with Gasteiger partial charge >= 0.3 is 6.03 Å². The Morgan fingerprint density at radius 3 is 2.63 bits per heavy atom. The fourth-order valence-corrected chi connectivity index (χ4v) is 3.04. The number of rotatable bonds is 5. The first-order valence-corrected chi connectivity index (χ1v) is 9.40. The first-order valence-electron chi connectivity index (χ1n) is 9.40. The summed E-state index contributed by atoms with van der Waals surface area (Å²) in [5.74, 6) is 0.346. The van der Waals surface area contributed by atoms with E-state index in [1.807, 2.05) is 12.1 Å². The van der Waals surface area contributed by atoms with Crippen LogP contribution in [0.3, 0.4) is 0 Å². The van der Waals surface area contributed by atoms with Crippen molar-refractivity contribution < 1.29 is 9.59 Å². The molecule has 6 nitrogen and oxygen atoms in total. The van der Waals surface area contributed by atoms with Crippen molar-refractivity contribution in [1.82, 2.24) is 15.2 Å². The van der Waals surface area contributed by atoms with E-state index in [1.165, 1.54) is 17.3 Å². The molecule has 0 fully saturated rings. The first kappa shape index (κ1) is 18.9. The molecule has 0 radical (unpaired) electrons. The van der Waals surface area contributed by atoms with Crippen molar-refractivity contribution >= 4 is 17.6 Å². The minimum Gasteiger partial charge on any atom is -0.351 e. The molecule has 3 amide bonds. The zero-order valence-corrected chi connectivity index (χ0v) is 15.9. The summed E-state index contributed by atoms with van der Waals surface area (Å²) in [6.07, 6.45) is 3.31. The van der Waals surface area contributed by atoms with Gasteiger partial charge in [-0.25, -0.2) is 9.78 Å². The number of amides is 3. The van der Waals surface area contributed by atoms with Gasteiger partial charge < -0.3 is 15.5 Å². The van der Waals surface area contributed by atoms with E-state index in [-0.39, 0.29) is 11.9 Å². The molecule has 0 saturated heterocycles. The number of carbonyl (C=O) groups is 2. The molecule has 6 heteroatoms. The molecule has 142 valence electrons. The van der Waals surface area contributed by atoms with Gasteiger partial charge in [-0.1, -0.05) is 38.1 Å². The number of urea groups is 1. The SMILES string of the molecule is CC(C)CCNC(=O)c1ccc(NC(=O)N2CCc3ccccc3C2)cn1. The van der Waals surface area contributed by atoms with Crippen molar-refractivity contribution in [1.29, 1.82) is 0 Å². The highest BCUT2D eigenvalue weighted by atomic mass is 16.2. The van der Waals surface area contributed by atoms with E-state index in [2.05, 4.69) is 41.6 Å². The van der Waals surface area contributed by atoms with Crippen molar-refractivity contribution in [3.63, 3.8) is 0 Å². The summed E-state index contributed by atoms with van der Waals surface area (Å²) in [5.41, 5.74) is 3.42. The third kappa shape index (κ3) is 5.06. The highest BCUT2D eigenvalue weighted by Crippen LogP contribution is 2.19. The highest BCUT2D eigenvalue weighted by Gasteiger charge is 2.20. The molecule has 0 aliphatic carbocycles.